The highest BCUT2D eigenvalue weighted by Gasteiger charge is 2.11. The third-order valence-electron chi connectivity index (χ3n) is 3.74. The van der Waals surface area contributed by atoms with Crippen LogP contribution < -0.4 is 5.76 Å². The van der Waals surface area contributed by atoms with E-state index in [9.17, 15) is 9.18 Å². The molecular weight excluding hydrogens is 323 g/mol. The summed E-state index contributed by atoms with van der Waals surface area (Å²) in [5, 5.41) is 8.34. The van der Waals surface area contributed by atoms with Gasteiger partial charge >= 0.3 is 5.76 Å². The monoisotopic (exact) mass is 336 g/mol. The number of aromatic nitrogens is 4. The van der Waals surface area contributed by atoms with Gasteiger partial charge in [-0.05, 0) is 48.0 Å². The Kier molecular flexibility index (Phi) is 3.74. The van der Waals surface area contributed by atoms with Crippen molar-refractivity contribution in [2.45, 2.75) is 6.54 Å². The highest BCUT2D eigenvalue weighted by atomic mass is 19.1. The molecule has 4 aromatic rings. The first-order valence-electron chi connectivity index (χ1n) is 7.62. The van der Waals surface area contributed by atoms with Crippen LogP contribution in [-0.2, 0) is 6.54 Å². The molecule has 124 valence electrons. The Balaban J connectivity index is 1.57. The molecule has 2 aromatic heterocycles. The van der Waals surface area contributed by atoms with Gasteiger partial charge in [-0.3, -0.25) is 0 Å². The van der Waals surface area contributed by atoms with Crippen molar-refractivity contribution in [1.82, 2.24) is 19.6 Å². The predicted molar refractivity (Wildman–Crippen MR) is 88.8 cm³/mol. The number of benzene rings is 2. The highest BCUT2D eigenvalue weighted by Crippen LogP contribution is 2.16. The zero-order valence-corrected chi connectivity index (χ0v) is 13.0. The van der Waals surface area contributed by atoms with Gasteiger partial charge in [0.05, 0.1) is 12.2 Å². The Morgan fingerprint density at radius 2 is 1.80 bits per heavy atom. The topological polar surface area (TPSA) is 65.8 Å². The van der Waals surface area contributed by atoms with Crippen molar-refractivity contribution < 1.29 is 8.81 Å². The average Bonchev–Trinajstić information content (AvgIpc) is 3.27. The molecule has 4 rings (SSSR count). The highest BCUT2D eigenvalue weighted by molar-refractivity contribution is 5.51. The minimum Gasteiger partial charge on any atom is -0.388 e. The Morgan fingerprint density at radius 3 is 2.48 bits per heavy atom. The van der Waals surface area contributed by atoms with Crippen molar-refractivity contribution in [3.63, 3.8) is 0 Å². The van der Waals surface area contributed by atoms with Crippen LogP contribution in [0.1, 0.15) is 5.56 Å². The second-order valence-electron chi connectivity index (χ2n) is 5.45. The van der Waals surface area contributed by atoms with E-state index in [-0.39, 0.29) is 18.3 Å². The zero-order valence-electron chi connectivity index (χ0n) is 13.0. The number of nitrogens with zero attached hydrogens (tertiary/aromatic N) is 4. The second kappa shape index (κ2) is 6.20. The van der Waals surface area contributed by atoms with Gasteiger partial charge in [-0.15, -0.1) is 5.10 Å². The molecule has 0 aliphatic rings. The van der Waals surface area contributed by atoms with E-state index in [1.807, 2.05) is 36.5 Å². The van der Waals surface area contributed by atoms with Gasteiger partial charge in [-0.2, -0.15) is 9.78 Å². The molecule has 25 heavy (non-hydrogen) atoms. The lowest BCUT2D eigenvalue weighted by Crippen LogP contribution is -2.16. The van der Waals surface area contributed by atoms with E-state index < -0.39 is 5.76 Å². The molecule has 0 aliphatic heterocycles. The largest absolute Gasteiger partial charge is 0.437 e. The van der Waals surface area contributed by atoms with E-state index >= 15 is 0 Å². The van der Waals surface area contributed by atoms with Crippen LogP contribution in [0.4, 0.5) is 4.39 Å². The molecule has 7 heteroatoms. The van der Waals surface area contributed by atoms with Crippen molar-refractivity contribution >= 4 is 0 Å². The Morgan fingerprint density at radius 1 is 1.04 bits per heavy atom. The summed E-state index contributed by atoms with van der Waals surface area (Å²) in [5.41, 5.74) is 2.37. The van der Waals surface area contributed by atoms with E-state index in [1.165, 1.54) is 28.9 Å². The predicted octanol–water partition coefficient (Wildman–Crippen LogP) is 2.88. The van der Waals surface area contributed by atoms with Crippen molar-refractivity contribution in [3.05, 3.63) is 88.9 Å². The van der Waals surface area contributed by atoms with Crippen molar-refractivity contribution in [2.75, 3.05) is 0 Å². The van der Waals surface area contributed by atoms with Crippen LogP contribution in [-0.4, -0.2) is 19.6 Å². The van der Waals surface area contributed by atoms with Gasteiger partial charge < -0.3 is 4.42 Å². The molecule has 0 atom stereocenters. The first kappa shape index (κ1) is 15.1. The van der Waals surface area contributed by atoms with Gasteiger partial charge in [0.1, 0.15) is 5.82 Å². The summed E-state index contributed by atoms with van der Waals surface area (Å²) in [4.78, 5) is 12.0. The number of halogens is 1. The van der Waals surface area contributed by atoms with E-state index in [0.29, 0.717) is 5.56 Å². The molecule has 0 saturated carbocycles. The lowest BCUT2D eigenvalue weighted by Gasteiger charge is -2.03. The third-order valence-corrected chi connectivity index (χ3v) is 3.74. The maximum Gasteiger partial charge on any atom is 0.437 e. The first-order valence-corrected chi connectivity index (χ1v) is 7.62. The molecule has 6 nitrogen and oxygen atoms in total. The SMILES string of the molecule is O=c1oc(-c2ccc(F)cc2)nn1Cc1ccc(-n2cccn2)cc1. The van der Waals surface area contributed by atoms with Crippen molar-refractivity contribution in [2.24, 2.45) is 0 Å². The molecule has 0 unspecified atom stereocenters. The van der Waals surface area contributed by atoms with E-state index in [4.69, 9.17) is 4.42 Å². The summed E-state index contributed by atoms with van der Waals surface area (Å²) in [5.74, 6) is -0.753. The van der Waals surface area contributed by atoms with Gasteiger partial charge in [0.2, 0.25) is 5.89 Å². The standard InChI is InChI=1S/C18H13FN4O2/c19-15-6-4-14(5-7-15)17-21-23(18(24)25-17)12-13-2-8-16(9-3-13)22-11-1-10-20-22/h1-11H,12H2. The van der Waals surface area contributed by atoms with Crippen LogP contribution in [0.5, 0.6) is 0 Å². The summed E-state index contributed by atoms with van der Waals surface area (Å²) in [6.45, 7) is 0.281. The molecule has 0 amide bonds. The fourth-order valence-electron chi connectivity index (χ4n) is 2.46. The van der Waals surface area contributed by atoms with Crippen molar-refractivity contribution in [1.29, 1.82) is 0 Å². The molecular formula is C18H13FN4O2. The van der Waals surface area contributed by atoms with Gasteiger partial charge in [-0.25, -0.2) is 13.9 Å². The van der Waals surface area contributed by atoms with Crippen LogP contribution in [0, 0.1) is 5.82 Å². The third kappa shape index (κ3) is 3.12. The molecule has 0 N–H and O–H groups in total. The van der Waals surface area contributed by atoms with Crippen LogP contribution in [0.3, 0.4) is 0 Å². The first-order chi connectivity index (χ1) is 12.2. The van der Waals surface area contributed by atoms with Crippen LogP contribution in [0.25, 0.3) is 17.1 Å². The normalized spacial score (nSPS) is 10.9. The Bertz CT molecular complexity index is 1030. The fourth-order valence-corrected chi connectivity index (χ4v) is 2.46. The summed E-state index contributed by atoms with van der Waals surface area (Å²) < 4.78 is 21.1. The van der Waals surface area contributed by atoms with E-state index in [1.54, 1.807) is 10.9 Å². The smallest absolute Gasteiger partial charge is 0.388 e. The molecule has 2 heterocycles. The molecule has 0 saturated heterocycles. The quantitative estimate of drug-likeness (QED) is 0.575. The molecule has 2 aromatic carbocycles. The molecule has 0 fully saturated rings. The molecule has 0 aliphatic carbocycles. The van der Waals surface area contributed by atoms with E-state index in [0.717, 1.165) is 11.3 Å². The molecule has 0 bridgehead atoms. The van der Waals surface area contributed by atoms with Gasteiger partial charge in [0.15, 0.2) is 0 Å². The summed E-state index contributed by atoms with van der Waals surface area (Å²) in [7, 11) is 0. The fraction of sp³-hybridized carbons (Fsp3) is 0.0556. The number of hydrogen-bond acceptors (Lipinski definition) is 4. The summed E-state index contributed by atoms with van der Waals surface area (Å²) in [6.07, 6.45) is 3.56. The lowest BCUT2D eigenvalue weighted by atomic mass is 10.2. The summed E-state index contributed by atoms with van der Waals surface area (Å²) in [6, 6.07) is 15.1. The molecule has 0 spiro atoms. The summed E-state index contributed by atoms with van der Waals surface area (Å²) >= 11 is 0. The number of rotatable bonds is 4. The minimum absolute atomic E-state index is 0.165. The molecule has 0 radical (unpaired) electrons. The lowest BCUT2D eigenvalue weighted by molar-refractivity contribution is 0.495. The Hall–Kier alpha value is -3.48. The Labute approximate surface area is 141 Å². The van der Waals surface area contributed by atoms with Crippen LogP contribution in [0.15, 0.2) is 76.2 Å². The maximum absolute atomic E-state index is 13.0. The van der Waals surface area contributed by atoms with Crippen molar-refractivity contribution in [3.8, 4) is 17.1 Å². The van der Waals surface area contributed by atoms with Gasteiger partial charge in [0, 0.05) is 18.0 Å². The number of hydrogen-bond donors (Lipinski definition) is 0. The maximum atomic E-state index is 13.0. The van der Waals surface area contributed by atoms with Crippen LogP contribution in [0.2, 0.25) is 0 Å². The second-order valence-corrected chi connectivity index (χ2v) is 5.45. The van der Waals surface area contributed by atoms with Gasteiger partial charge in [-0.1, -0.05) is 12.1 Å². The van der Waals surface area contributed by atoms with Gasteiger partial charge in [0.25, 0.3) is 0 Å². The average molecular weight is 336 g/mol. The van der Waals surface area contributed by atoms with E-state index in [2.05, 4.69) is 10.2 Å². The van der Waals surface area contributed by atoms with Crippen LogP contribution >= 0.6 is 0 Å². The zero-order chi connectivity index (χ0) is 17.2. The minimum atomic E-state index is -0.560.